The number of benzene rings is 1. The van der Waals surface area contributed by atoms with Crippen molar-refractivity contribution in [2.45, 2.75) is 52.3 Å². The third-order valence-electron chi connectivity index (χ3n) is 5.65. The Kier molecular flexibility index (Phi) is 7.13. The summed E-state index contributed by atoms with van der Waals surface area (Å²) in [5, 5.41) is 24.6. The standard InChI is InChI=1S/C22H28F3N4O6P/c1-11(22(23,24)25)7-8-29-18(21(2,3)4)17(31)16(20(29)32)19-27-13-6-5-12(35-10-15(26)30)9-14(13)36(33,34)28-19/h5-6,9,11,31-32H,7-8,10H2,1-4H3,(H2,26,30)(H2,27,28,33,34). The first-order chi connectivity index (χ1) is 16.4. The summed E-state index contributed by atoms with van der Waals surface area (Å²) < 4.78 is 62.4. The molecule has 0 fully saturated rings. The zero-order valence-corrected chi connectivity index (χ0v) is 20.9. The van der Waals surface area contributed by atoms with E-state index in [0.717, 1.165) is 11.5 Å². The molecule has 2 atom stereocenters. The molecule has 0 saturated carbocycles. The van der Waals surface area contributed by atoms with Crippen LogP contribution in [0.2, 0.25) is 0 Å². The van der Waals surface area contributed by atoms with Gasteiger partial charge in [-0.1, -0.05) is 27.7 Å². The molecule has 3 rings (SSSR count). The van der Waals surface area contributed by atoms with Gasteiger partial charge in [0.2, 0.25) is 5.88 Å². The third kappa shape index (κ3) is 5.46. The lowest BCUT2D eigenvalue weighted by molar-refractivity contribution is -0.171. The van der Waals surface area contributed by atoms with Crippen LogP contribution in [0.3, 0.4) is 0 Å². The molecule has 1 aromatic heterocycles. The van der Waals surface area contributed by atoms with Gasteiger partial charge in [-0.3, -0.25) is 9.36 Å². The van der Waals surface area contributed by atoms with Crippen molar-refractivity contribution in [3.63, 3.8) is 0 Å². The number of rotatable bonds is 7. The fourth-order valence-electron chi connectivity index (χ4n) is 3.83. The lowest BCUT2D eigenvalue weighted by atomic mass is 9.90. The fourth-order valence-corrected chi connectivity index (χ4v) is 5.10. The second-order valence-corrected chi connectivity index (χ2v) is 11.4. The number of carbonyl (C=O) groups excluding carboxylic acids is 1. The number of alkyl halides is 3. The highest BCUT2D eigenvalue weighted by Gasteiger charge is 2.39. The van der Waals surface area contributed by atoms with E-state index in [1.54, 1.807) is 20.8 Å². The normalized spacial score (nSPS) is 18.7. The molecule has 36 heavy (non-hydrogen) atoms. The number of hydrogen-bond acceptors (Lipinski definition) is 6. The minimum atomic E-state index is -4.46. The van der Waals surface area contributed by atoms with E-state index in [-0.39, 0.29) is 46.8 Å². The zero-order valence-electron chi connectivity index (χ0n) is 20.0. The largest absolute Gasteiger partial charge is 0.505 e. The number of nitrogens with two attached hydrogens (primary N) is 1. The maximum Gasteiger partial charge on any atom is 0.391 e. The van der Waals surface area contributed by atoms with Crippen LogP contribution in [0.5, 0.6) is 17.4 Å². The van der Waals surface area contributed by atoms with Crippen LogP contribution in [0.1, 0.15) is 45.4 Å². The van der Waals surface area contributed by atoms with Gasteiger partial charge in [-0.25, -0.2) is 0 Å². The Morgan fingerprint density at radius 2 is 1.92 bits per heavy atom. The van der Waals surface area contributed by atoms with Gasteiger partial charge in [-0.05, 0) is 24.6 Å². The number of aromatic nitrogens is 1. The van der Waals surface area contributed by atoms with Crippen molar-refractivity contribution in [3.8, 4) is 17.4 Å². The van der Waals surface area contributed by atoms with Crippen molar-refractivity contribution in [3.05, 3.63) is 29.5 Å². The Morgan fingerprint density at radius 1 is 1.28 bits per heavy atom. The van der Waals surface area contributed by atoms with E-state index in [0.29, 0.717) is 0 Å². The number of aromatic hydroxyl groups is 2. The smallest absolute Gasteiger partial charge is 0.391 e. The van der Waals surface area contributed by atoms with Crippen LogP contribution in [-0.2, 0) is 21.3 Å². The average Bonchev–Trinajstić information content (AvgIpc) is 2.98. The van der Waals surface area contributed by atoms with Gasteiger partial charge in [0.15, 0.2) is 18.2 Å². The van der Waals surface area contributed by atoms with E-state index in [4.69, 9.17) is 10.5 Å². The minimum Gasteiger partial charge on any atom is -0.505 e. The van der Waals surface area contributed by atoms with Crippen LogP contribution in [0, 0.1) is 5.92 Å². The highest BCUT2D eigenvalue weighted by molar-refractivity contribution is 7.65. The van der Waals surface area contributed by atoms with E-state index in [2.05, 4.69) is 10.1 Å². The van der Waals surface area contributed by atoms with Crippen molar-refractivity contribution in [1.82, 2.24) is 4.57 Å². The van der Waals surface area contributed by atoms with E-state index in [9.17, 15) is 37.6 Å². The molecule has 2 heterocycles. The number of nitrogens with zero attached hydrogens (tertiary/aromatic N) is 2. The van der Waals surface area contributed by atoms with Crippen molar-refractivity contribution < 1.29 is 42.4 Å². The third-order valence-corrected chi connectivity index (χ3v) is 7.12. The number of hydrogen-bond donors (Lipinski definition) is 5. The zero-order chi connectivity index (χ0) is 27.2. The molecule has 2 aromatic rings. The molecular formula is C22H28F3N4O6P. The van der Waals surface area contributed by atoms with Crippen LogP contribution in [0.4, 0.5) is 18.9 Å². The number of anilines is 1. The number of amidine groups is 1. The number of amides is 1. The van der Waals surface area contributed by atoms with Crippen LogP contribution < -0.4 is 21.1 Å². The first-order valence-corrected chi connectivity index (χ1v) is 12.5. The molecule has 0 bridgehead atoms. The molecule has 1 amide bonds. The summed E-state index contributed by atoms with van der Waals surface area (Å²) in [6, 6.07) is 3.99. The Labute approximate surface area is 205 Å². The molecule has 6 N–H and O–H groups in total. The molecule has 14 heteroatoms. The molecule has 1 aliphatic rings. The maximum absolute atomic E-state index is 13.1. The predicted molar refractivity (Wildman–Crippen MR) is 127 cm³/mol. The molecule has 0 radical (unpaired) electrons. The van der Waals surface area contributed by atoms with E-state index in [1.807, 2.05) is 0 Å². The highest BCUT2D eigenvalue weighted by Crippen LogP contribution is 2.50. The summed E-state index contributed by atoms with van der Waals surface area (Å²) in [5.41, 5.74) is 4.17. The first kappa shape index (κ1) is 27.4. The quantitative estimate of drug-likeness (QED) is 0.342. The van der Waals surface area contributed by atoms with Crippen molar-refractivity contribution in [2.75, 3.05) is 11.9 Å². The second kappa shape index (κ2) is 9.36. The predicted octanol–water partition coefficient (Wildman–Crippen LogP) is 3.33. The molecule has 1 aliphatic heterocycles. The van der Waals surface area contributed by atoms with Gasteiger partial charge in [-0.2, -0.15) is 17.9 Å². The molecule has 198 valence electrons. The van der Waals surface area contributed by atoms with E-state index < -0.39 is 49.2 Å². The summed E-state index contributed by atoms with van der Waals surface area (Å²) >= 11 is 0. The summed E-state index contributed by atoms with van der Waals surface area (Å²) in [7, 11) is -4.46. The number of nitrogens with one attached hydrogen (secondary N) is 1. The number of primary amides is 1. The second-order valence-electron chi connectivity index (χ2n) is 9.58. The van der Waals surface area contributed by atoms with Gasteiger partial charge >= 0.3 is 13.7 Å². The van der Waals surface area contributed by atoms with Crippen LogP contribution >= 0.6 is 7.52 Å². The van der Waals surface area contributed by atoms with Crippen LogP contribution in [-0.4, -0.2) is 44.2 Å². The molecule has 1 aromatic carbocycles. The average molecular weight is 532 g/mol. The Morgan fingerprint density at radius 3 is 2.47 bits per heavy atom. The fraction of sp³-hybridized carbons (Fsp3) is 0.455. The number of ether oxygens (including phenoxy) is 1. The van der Waals surface area contributed by atoms with E-state index >= 15 is 0 Å². The summed E-state index contributed by atoms with van der Waals surface area (Å²) in [5.74, 6) is -3.72. The minimum absolute atomic E-state index is 0.0907. The van der Waals surface area contributed by atoms with Gasteiger partial charge in [0, 0.05) is 12.0 Å². The Hall–Kier alpha value is -3.18. The topological polar surface area (TPSA) is 159 Å². The molecule has 0 saturated heterocycles. The monoisotopic (exact) mass is 532 g/mol. The van der Waals surface area contributed by atoms with Gasteiger partial charge in [0.05, 0.1) is 22.6 Å². The highest BCUT2D eigenvalue weighted by atomic mass is 31.2. The van der Waals surface area contributed by atoms with Gasteiger partial charge < -0.3 is 35.5 Å². The first-order valence-electron chi connectivity index (χ1n) is 10.9. The number of carbonyl (C=O) groups is 1. The SMILES string of the molecule is CC(CCn1c(O)c(C2=NP(=O)(O)c3cc(OCC(N)=O)ccc3N2)c(O)c1C(C)(C)C)C(F)(F)F. The Bertz CT molecular complexity index is 1270. The Balaban J connectivity index is 2.06. The summed E-state index contributed by atoms with van der Waals surface area (Å²) in [6.07, 6.45) is -4.80. The van der Waals surface area contributed by atoms with Crippen molar-refractivity contribution >= 4 is 30.3 Å². The lowest BCUT2D eigenvalue weighted by Crippen LogP contribution is -2.25. The molecule has 2 unspecified atom stereocenters. The molecule has 0 aliphatic carbocycles. The van der Waals surface area contributed by atoms with Crippen molar-refractivity contribution in [1.29, 1.82) is 0 Å². The molecular weight excluding hydrogens is 504 g/mol. The van der Waals surface area contributed by atoms with E-state index in [1.165, 1.54) is 18.2 Å². The van der Waals surface area contributed by atoms with Gasteiger partial charge in [0.1, 0.15) is 11.3 Å². The lowest BCUT2D eigenvalue weighted by Gasteiger charge is -2.23. The summed E-state index contributed by atoms with van der Waals surface area (Å²) in [4.78, 5) is 21.6. The van der Waals surface area contributed by atoms with Crippen LogP contribution in [0.25, 0.3) is 0 Å². The summed E-state index contributed by atoms with van der Waals surface area (Å²) in [6.45, 7) is 5.40. The maximum atomic E-state index is 13.1. The number of halogens is 3. The van der Waals surface area contributed by atoms with Crippen LogP contribution in [0.15, 0.2) is 23.0 Å². The molecule has 0 spiro atoms. The van der Waals surface area contributed by atoms with Gasteiger partial charge in [0.25, 0.3) is 5.91 Å². The van der Waals surface area contributed by atoms with Gasteiger partial charge in [-0.15, -0.1) is 0 Å². The van der Waals surface area contributed by atoms with Crippen molar-refractivity contribution in [2.24, 2.45) is 16.4 Å². The molecule has 10 nitrogen and oxygen atoms in total. The number of fused-ring (bicyclic) bond motifs is 1.